The van der Waals surface area contributed by atoms with Gasteiger partial charge in [-0.1, -0.05) is 24.3 Å². The minimum Gasteiger partial charge on any atom is -0.508 e. The molecule has 0 amide bonds. The van der Waals surface area contributed by atoms with E-state index in [9.17, 15) is 20.1 Å². The summed E-state index contributed by atoms with van der Waals surface area (Å²) in [5.41, 5.74) is 3.84. The molecule has 5 rings (SSSR count). The van der Waals surface area contributed by atoms with Crippen LogP contribution in [0.3, 0.4) is 0 Å². The van der Waals surface area contributed by atoms with Crippen molar-refractivity contribution in [2.75, 3.05) is 26.2 Å². The number of likely N-dealkylation sites (tertiary alicyclic amines) is 1. The van der Waals surface area contributed by atoms with E-state index in [1.54, 1.807) is 18.2 Å². The zero-order chi connectivity index (χ0) is 24.4. The normalized spacial score (nSPS) is 17.9. The van der Waals surface area contributed by atoms with Crippen molar-refractivity contribution in [1.82, 2.24) is 4.90 Å². The molecule has 0 spiro atoms. The number of rotatable bonds is 7. The maximum atomic E-state index is 13.0. The molecule has 35 heavy (non-hydrogen) atoms. The van der Waals surface area contributed by atoms with Crippen LogP contribution in [0.1, 0.15) is 57.8 Å². The molecule has 6 nitrogen and oxygen atoms in total. The number of Topliss-reactive ketones (excluding diaryl/α,β-unsaturated/α-hetero) is 1. The summed E-state index contributed by atoms with van der Waals surface area (Å²) >= 11 is 0. The Balaban J connectivity index is 1.33. The fourth-order valence-electron chi connectivity index (χ4n) is 5.29. The Labute approximate surface area is 205 Å². The van der Waals surface area contributed by atoms with Gasteiger partial charge in [0, 0.05) is 13.0 Å². The van der Waals surface area contributed by atoms with E-state index in [0.717, 1.165) is 47.6 Å². The van der Waals surface area contributed by atoms with Crippen molar-refractivity contribution in [3.8, 4) is 23.0 Å². The van der Waals surface area contributed by atoms with Gasteiger partial charge in [0.25, 0.3) is 0 Å². The quantitative estimate of drug-likeness (QED) is 0.428. The molecular weight excluding hydrogens is 442 g/mol. The molecule has 0 aromatic heterocycles. The first kappa shape index (κ1) is 23.2. The Morgan fingerprint density at radius 1 is 0.914 bits per heavy atom. The lowest BCUT2D eigenvalue weighted by molar-refractivity contribution is 0.0960. The van der Waals surface area contributed by atoms with Crippen molar-refractivity contribution in [3.05, 3.63) is 82.4 Å². The Morgan fingerprint density at radius 2 is 1.63 bits per heavy atom. The molecule has 1 atom stereocenters. The number of fused-ring (bicyclic) bond motifs is 1. The molecule has 1 aliphatic heterocycles. The van der Waals surface area contributed by atoms with E-state index in [2.05, 4.69) is 4.90 Å². The van der Waals surface area contributed by atoms with E-state index in [4.69, 9.17) is 4.74 Å². The second-order valence-electron chi connectivity index (χ2n) is 9.59. The van der Waals surface area contributed by atoms with E-state index in [1.165, 1.54) is 12.8 Å². The number of hydrogen-bond acceptors (Lipinski definition) is 6. The summed E-state index contributed by atoms with van der Waals surface area (Å²) in [5.74, 6) is 0.177. The first-order chi connectivity index (χ1) is 17.0. The van der Waals surface area contributed by atoms with Gasteiger partial charge in [-0.15, -0.1) is 0 Å². The number of ketones is 1. The van der Waals surface area contributed by atoms with Crippen molar-refractivity contribution in [3.63, 3.8) is 0 Å². The highest BCUT2D eigenvalue weighted by molar-refractivity contribution is 6.02. The minimum atomic E-state index is -0.334. The van der Waals surface area contributed by atoms with Crippen LogP contribution in [0.5, 0.6) is 23.0 Å². The van der Waals surface area contributed by atoms with Gasteiger partial charge in [-0.05, 0) is 97.3 Å². The van der Waals surface area contributed by atoms with E-state index in [1.807, 2.05) is 36.4 Å². The molecule has 1 heterocycles. The number of benzene rings is 3. The zero-order valence-corrected chi connectivity index (χ0v) is 19.7. The SMILES string of the molecule is O=C1CC(c2ccc(O)cc2)Cc2c(Cc3ccc(OCCN4CCCC4)cc3)cc(O)c(O)c21. The Hall–Kier alpha value is -3.51. The topological polar surface area (TPSA) is 90.2 Å². The fourth-order valence-corrected chi connectivity index (χ4v) is 5.29. The van der Waals surface area contributed by atoms with Gasteiger partial charge in [-0.3, -0.25) is 9.69 Å². The fraction of sp³-hybridized carbons (Fsp3) is 0.345. The molecule has 0 saturated carbocycles. The van der Waals surface area contributed by atoms with Crippen LogP contribution < -0.4 is 4.74 Å². The van der Waals surface area contributed by atoms with Crippen LogP contribution in [0.4, 0.5) is 0 Å². The van der Waals surface area contributed by atoms with Crippen LogP contribution in [0, 0.1) is 0 Å². The summed E-state index contributed by atoms with van der Waals surface area (Å²) in [6.07, 6.45) is 3.89. The number of ether oxygens (including phenoxy) is 1. The van der Waals surface area contributed by atoms with Crippen LogP contribution in [0.25, 0.3) is 0 Å². The second-order valence-corrected chi connectivity index (χ2v) is 9.59. The smallest absolute Gasteiger partial charge is 0.168 e. The summed E-state index contributed by atoms with van der Waals surface area (Å²) in [5, 5.41) is 30.4. The third-order valence-corrected chi connectivity index (χ3v) is 7.20. The molecule has 0 radical (unpaired) electrons. The van der Waals surface area contributed by atoms with Gasteiger partial charge in [0.2, 0.25) is 0 Å². The predicted molar refractivity (Wildman–Crippen MR) is 134 cm³/mol. The van der Waals surface area contributed by atoms with Crippen LogP contribution in [0.15, 0.2) is 54.6 Å². The van der Waals surface area contributed by atoms with Gasteiger partial charge in [0.15, 0.2) is 17.3 Å². The molecule has 0 bridgehead atoms. The summed E-state index contributed by atoms with van der Waals surface area (Å²) in [6, 6.07) is 16.4. The van der Waals surface area contributed by atoms with Crippen molar-refractivity contribution in [2.24, 2.45) is 0 Å². The second kappa shape index (κ2) is 10.0. The Bertz CT molecular complexity index is 1200. The summed E-state index contributed by atoms with van der Waals surface area (Å²) in [6.45, 7) is 3.92. The molecule has 1 unspecified atom stereocenters. The average molecular weight is 474 g/mol. The monoisotopic (exact) mass is 473 g/mol. The van der Waals surface area contributed by atoms with Gasteiger partial charge in [-0.25, -0.2) is 0 Å². The Kier molecular flexibility index (Phi) is 6.64. The molecule has 2 aliphatic rings. The van der Waals surface area contributed by atoms with Gasteiger partial charge in [-0.2, -0.15) is 0 Å². The van der Waals surface area contributed by atoms with Gasteiger partial charge < -0.3 is 20.1 Å². The van der Waals surface area contributed by atoms with Crippen LogP contribution in [0.2, 0.25) is 0 Å². The van der Waals surface area contributed by atoms with E-state index in [0.29, 0.717) is 19.4 Å². The molecule has 6 heteroatoms. The largest absolute Gasteiger partial charge is 0.508 e. The number of phenolic OH excluding ortho intramolecular Hbond substituents is 3. The number of phenols is 3. The molecule has 3 aromatic carbocycles. The standard InChI is InChI=1S/C29H31NO5/c31-23-7-5-20(6-8-23)21-16-25-22(18-27(33)29(34)28(25)26(32)17-21)15-19-3-9-24(10-4-19)35-14-13-30-11-1-2-12-30/h3-10,18,21,31,33-34H,1-2,11-17H2. The molecular formula is C29H31NO5. The number of hydrogen-bond donors (Lipinski definition) is 3. The highest BCUT2D eigenvalue weighted by Gasteiger charge is 2.32. The van der Waals surface area contributed by atoms with Crippen molar-refractivity contribution < 1.29 is 24.9 Å². The maximum Gasteiger partial charge on any atom is 0.168 e. The van der Waals surface area contributed by atoms with Gasteiger partial charge in [0.05, 0.1) is 5.56 Å². The lowest BCUT2D eigenvalue weighted by Gasteiger charge is -2.27. The highest BCUT2D eigenvalue weighted by Crippen LogP contribution is 2.43. The van der Waals surface area contributed by atoms with Crippen molar-refractivity contribution in [1.29, 1.82) is 0 Å². The summed E-state index contributed by atoms with van der Waals surface area (Å²) in [7, 11) is 0. The number of carbonyl (C=O) groups excluding carboxylic acids is 1. The first-order valence-electron chi connectivity index (χ1n) is 12.3. The predicted octanol–water partition coefficient (Wildman–Crippen LogP) is 4.78. The first-order valence-corrected chi connectivity index (χ1v) is 12.3. The average Bonchev–Trinajstić information content (AvgIpc) is 3.37. The van der Waals surface area contributed by atoms with Crippen LogP contribution >= 0.6 is 0 Å². The molecule has 3 aromatic rings. The maximum absolute atomic E-state index is 13.0. The van der Waals surface area contributed by atoms with Crippen LogP contribution in [-0.2, 0) is 12.8 Å². The molecule has 1 aliphatic carbocycles. The van der Waals surface area contributed by atoms with E-state index in [-0.39, 0.29) is 40.9 Å². The molecule has 182 valence electrons. The van der Waals surface area contributed by atoms with Crippen molar-refractivity contribution in [2.45, 2.75) is 38.0 Å². The third kappa shape index (κ3) is 5.13. The van der Waals surface area contributed by atoms with Crippen molar-refractivity contribution >= 4 is 5.78 Å². The molecule has 3 N–H and O–H groups in total. The highest BCUT2D eigenvalue weighted by atomic mass is 16.5. The van der Waals surface area contributed by atoms with Gasteiger partial charge in [0.1, 0.15) is 18.1 Å². The molecule has 1 saturated heterocycles. The number of nitrogens with zero attached hydrogens (tertiary/aromatic N) is 1. The minimum absolute atomic E-state index is 0.0512. The zero-order valence-electron chi connectivity index (χ0n) is 19.7. The summed E-state index contributed by atoms with van der Waals surface area (Å²) < 4.78 is 5.91. The van der Waals surface area contributed by atoms with Crippen LogP contribution in [-0.4, -0.2) is 52.2 Å². The number of carbonyl (C=O) groups is 1. The lowest BCUT2D eigenvalue weighted by Crippen LogP contribution is -2.25. The summed E-state index contributed by atoms with van der Waals surface area (Å²) in [4.78, 5) is 15.4. The third-order valence-electron chi connectivity index (χ3n) is 7.20. The lowest BCUT2D eigenvalue weighted by atomic mass is 9.76. The molecule has 1 fully saturated rings. The number of aromatic hydroxyl groups is 3. The van der Waals surface area contributed by atoms with E-state index >= 15 is 0 Å². The Morgan fingerprint density at radius 3 is 2.34 bits per heavy atom. The van der Waals surface area contributed by atoms with Gasteiger partial charge >= 0.3 is 0 Å². The van der Waals surface area contributed by atoms with E-state index < -0.39 is 0 Å².